The molecule has 0 radical (unpaired) electrons. The van der Waals surface area contributed by atoms with Gasteiger partial charge < -0.3 is 9.73 Å². The van der Waals surface area contributed by atoms with Gasteiger partial charge in [-0.25, -0.2) is 9.97 Å². The van der Waals surface area contributed by atoms with E-state index in [0.717, 1.165) is 29.2 Å². The Balaban J connectivity index is 2.12. The van der Waals surface area contributed by atoms with Crippen LogP contribution in [0.4, 0.5) is 5.82 Å². The zero-order chi connectivity index (χ0) is 14.8. The first-order chi connectivity index (χ1) is 10.2. The highest BCUT2D eigenvalue weighted by molar-refractivity contribution is 5.65. The molecule has 0 unspecified atom stereocenters. The fourth-order valence-electron chi connectivity index (χ4n) is 2.12. The van der Waals surface area contributed by atoms with Gasteiger partial charge in [0.05, 0.1) is 18.2 Å². The second-order valence-electron chi connectivity index (χ2n) is 4.83. The lowest BCUT2D eigenvalue weighted by molar-refractivity contribution is 0.576. The van der Waals surface area contributed by atoms with Gasteiger partial charge in [0.2, 0.25) is 0 Å². The predicted molar refractivity (Wildman–Crippen MR) is 80.8 cm³/mol. The molecule has 0 fully saturated rings. The van der Waals surface area contributed by atoms with Crippen LogP contribution in [-0.4, -0.2) is 26.3 Å². The topological polar surface area (TPSA) is 68.8 Å². The largest absolute Gasteiger partial charge is 0.461 e. The van der Waals surface area contributed by atoms with Crippen molar-refractivity contribution in [3.8, 4) is 22.8 Å². The Morgan fingerprint density at radius 1 is 1.33 bits per heavy atom. The fraction of sp³-hybridized carbons (Fsp3) is 0.267. The quantitative estimate of drug-likeness (QED) is 0.797. The molecule has 1 N–H and O–H groups in total. The van der Waals surface area contributed by atoms with Crippen LogP contribution in [0.1, 0.15) is 12.5 Å². The molecule has 0 spiro atoms. The number of anilines is 1. The first kappa shape index (κ1) is 13.4. The van der Waals surface area contributed by atoms with Crippen LogP contribution in [0.5, 0.6) is 0 Å². The highest BCUT2D eigenvalue weighted by Crippen LogP contribution is 2.26. The number of aromatic nitrogens is 4. The first-order valence-corrected chi connectivity index (χ1v) is 6.84. The fourth-order valence-corrected chi connectivity index (χ4v) is 2.12. The van der Waals surface area contributed by atoms with Crippen LogP contribution >= 0.6 is 0 Å². The molecule has 0 saturated heterocycles. The van der Waals surface area contributed by atoms with E-state index in [1.807, 2.05) is 39.2 Å². The van der Waals surface area contributed by atoms with Crippen LogP contribution in [0.25, 0.3) is 22.8 Å². The van der Waals surface area contributed by atoms with Gasteiger partial charge in [0.25, 0.3) is 0 Å². The van der Waals surface area contributed by atoms with Gasteiger partial charge in [0.1, 0.15) is 5.82 Å². The maximum absolute atomic E-state index is 5.51. The summed E-state index contributed by atoms with van der Waals surface area (Å²) >= 11 is 0. The number of nitrogens with zero attached hydrogens (tertiary/aromatic N) is 4. The maximum atomic E-state index is 5.51. The third-order valence-electron chi connectivity index (χ3n) is 3.15. The van der Waals surface area contributed by atoms with Gasteiger partial charge >= 0.3 is 0 Å². The van der Waals surface area contributed by atoms with E-state index in [9.17, 15) is 0 Å². The van der Waals surface area contributed by atoms with Crippen molar-refractivity contribution in [1.82, 2.24) is 19.7 Å². The van der Waals surface area contributed by atoms with E-state index in [4.69, 9.17) is 4.42 Å². The molecule has 6 heteroatoms. The number of hydrogen-bond donors (Lipinski definition) is 1. The van der Waals surface area contributed by atoms with Gasteiger partial charge in [-0.1, -0.05) is 0 Å². The van der Waals surface area contributed by atoms with Gasteiger partial charge in [-0.3, -0.25) is 4.68 Å². The lowest BCUT2D eigenvalue weighted by Crippen LogP contribution is -2.02. The summed E-state index contributed by atoms with van der Waals surface area (Å²) in [5.41, 5.74) is 2.78. The van der Waals surface area contributed by atoms with E-state index >= 15 is 0 Å². The molecule has 3 aromatic heterocycles. The van der Waals surface area contributed by atoms with Gasteiger partial charge in [-0.15, -0.1) is 0 Å². The van der Waals surface area contributed by atoms with Crippen molar-refractivity contribution in [1.29, 1.82) is 0 Å². The predicted octanol–water partition coefficient (Wildman–Crippen LogP) is 2.88. The molecule has 21 heavy (non-hydrogen) atoms. The average Bonchev–Trinajstić information content (AvgIpc) is 3.07. The second-order valence-corrected chi connectivity index (χ2v) is 4.83. The van der Waals surface area contributed by atoms with E-state index in [-0.39, 0.29) is 0 Å². The second kappa shape index (κ2) is 5.40. The van der Waals surface area contributed by atoms with E-state index in [0.29, 0.717) is 11.6 Å². The Bertz CT molecular complexity index is 759. The van der Waals surface area contributed by atoms with Crippen molar-refractivity contribution in [3.63, 3.8) is 0 Å². The van der Waals surface area contributed by atoms with Crippen LogP contribution in [0.2, 0.25) is 0 Å². The summed E-state index contributed by atoms with van der Waals surface area (Å²) in [7, 11) is 1.88. The molecule has 0 aliphatic rings. The van der Waals surface area contributed by atoms with E-state index in [1.54, 1.807) is 17.1 Å². The maximum Gasteiger partial charge on any atom is 0.198 e. The highest BCUT2D eigenvalue weighted by atomic mass is 16.3. The van der Waals surface area contributed by atoms with Crippen molar-refractivity contribution in [2.75, 3.05) is 11.9 Å². The summed E-state index contributed by atoms with van der Waals surface area (Å²) in [6, 6.07) is 3.82. The summed E-state index contributed by atoms with van der Waals surface area (Å²) in [6.45, 7) is 4.80. The standard InChI is InChI=1S/C15H17N5O/c1-4-16-13-7-12(11-8-17-20(3)9-11)18-15(19-13)14-10(2)5-6-21-14/h5-9H,4H2,1-3H3,(H,16,18,19). The molecule has 0 atom stereocenters. The molecule has 0 aromatic carbocycles. The smallest absolute Gasteiger partial charge is 0.198 e. The first-order valence-electron chi connectivity index (χ1n) is 6.84. The van der Waals surface area contributed by atoms with Crippen molar-refractivity contribution >= 4 is 5.82 Å². The Kier molecular flexibility index (Phi) is 3.43. The molecule has 3 rings (SSSR count). The SMILES string of the molecule is CCNc1cc(-c2cnn(C)c2)nc(-c2occc2C)n1. The number of furan rings is 1. The van der Waals surface area contributed by atoms with Gasteiger partial charge in [-0.05, 0) is 25.5 Å². The summed E-state index contributed by atoms with van der Waals surface area (Å²) in [4.78, 5) is 9.12. The highest BCUT2D eigenvalue weighted by Gasteiger charge is 2.13. The molecule has 3 heterocycles. The summed E-state index contributed by atoms with van der Waals surface area (Å²) in [6.07, 6.45) is 5.37. The zero-order valence-corrected chi connectivity index (χ0v) is 12.3. The van der Waals surface area contributed by atoms with Crippen LogP contribution in [0.15, 0.2) is 35.2 Å². The monoisotopic (exact) mass is 283 g/mol. The van der Waals surface area contributed by atoms with E-state index < -0.39 is 0 Å². The molecular formula is C15H17N5O. The van der Waals surface area contributed by atoms with Crippen LogP contribution in [0.3, 0.4) is 0 Å². The number of rotatable bonds is 4. The van der Waals surface area contributed by atoms with Crippen molar-refractivity contribution in [2.24, 2.45) is 7.05 Å². The minimum Gasteiger partial charge on any atom is -0.461 e. The Hall–Kier alpha value is -2.63. The van der Waals surface area contributed by atoms with Crippen LogP contribution < -0.4 is 5.32 Å². The molecule has 0 bridgehead atoms. The number of aryl methyl sites for hydroxylation is 2. The summed E-state index contributed by atoms with van der Waals surface area (Å²) in [5.74, 6) is 2.05. The Morgan fingerprint density at radius 2 is 2.19 bits per heavy atom. The third-order valence-corrected chi connectivity index (χ3v) is 3.15. The summed E-state index contributed by atoms with van der Waals surface area (Å²) < 4.78 is 7.26. The van der Waals surface area contributed by atoms with Crippen LogP contribution in [-0.2, 0) is 7.05 Å². The molecule has 3 aromatic rings. The van der Waals surface area contributed by atoms with E-state index in [1.165, 1.54) is 0 Å². The molecule has 0 aliphatic carbocycles. The van der Waals surface area contributed by atoms with E-state index in [2.05, 4.69) is 20.4 Å². The lowest BCUT2D eigenvalue weighted by Gasteiger charge is -2.07. The third kappa shape index (κ3) is 2.65. The average molecular weight is 283 g/mol. The summed E-state index contributed by atoms with van der Waals surface area (Å²) in [5, 5.41) is 7.42. The molecule has 0 aliphatic heterocycles. The molecule has 0 amide bonds. The molecule has 0 saturated carbocycles. The van der Waals surface area contributed by atoms with Crippen molar-refractivity contribution in [2.45, 2.75) is 13.8 Å². The van der Waals surface area contributed by atoms with Gasteiger partial charge in [0, 0.05) is 31.4 Å². The zero-order valence-electron chi connectivity index (χ0n) is 12.3. The van der Waals surface area contributed by atoms with Gasteiger partial charge in [0.15, 0.2) is 11.6 Å². The van der Waals surface area contributed by atoms with Gasteiger partial charge in [-0.2, -0.15) is 5.10 Å². The van der Waals surface area contributed by atoms with Crippen molar-refractivity contribution < 1.29 is 4.42 Å². The molecular weight excluding hydrogens is 266 g/mol. The lowest BCUT2D eigenvalue weighted by atomic mass is 10.2. The Labute approximate surface area is 122 Å². The van der Waals surface area contributed by atoms with Crippen molar-refractivity contribution in [3.05, 3.63) is 36.4 Å². The minimum absolute atomic E-state index is 0.579. The van der Waals surface area contributed by atoms with Crippen LogP contribution in [0, 0.1) is 6.92 Å². The normalized spacial score (nSPS) is 10.8. The Morgan fingerprint density at radius 3 is 2.81 bits per heavy atom. The molecule has 108 valence electrons. The number of nitrogens with one attached hydrogen (secondary N) is 1. The molecule has 6 nitrogen and oxygen atoms in total. The minimum atomic E-state index is 0.579. The number of hydrogen-bond acceptors (Lipinski definition) is 5.